The Hall–Kier alpha value is -2.09. The van der Waals surface area contributed by atoms with Gasteiger partial charge in [-0.2, -0.15) is 13.2 Å². The number of esters is 1. The number of hydrogen-bond acceptors (Lipinski definition) is 5. The number of carbonyl (C=O) groups is 2. The van der Waals surface area contributed by atoms with Gasteiger partial charge in [-0.3, -0.25) is 0 Å². The smallest absolute Gasteiger partial charge is 0.416 e. The summed E-state index contributed by atoms with van der Waals surface area (Å²) in [5.41, 5.74) is -2.26. The van der Waals surface area contributed by atoms with Gasteiger partial charge < -0.3 is 19.0 Å². The Morgan fingerprint density at radius 2 is 1.92 bits per heavy atom. The fourth-order valence-electron chi connectivity index (χ4n) is 3.42. The maximum Gasteiger partial charge on any atom is 0.416 e. The summed E-state index contributed by atoms with van der Waals surface area (Å²) in [5.74, 6) is -0.947. The lowest BCUT2D eigenvalue weighted by molar-refractivity contribution is -0.191. The van der Waals surface area contributed by atoms with E-state index in [-0.39, 0.29) is 17.9 Å². The average Bonchev–Trinajstić information content (AvgIpc) is 2.66. The molecule has 0 radical (unpaired) electrons. The van der Waals surface area contributed by atoms with Crippen molar-refractivity contribution in [3.8, 4) is 5.75 Å². The van der Waals surface area contributed by atoms with Crippen molar-refractivity contribution in [1.82, 2.24) is 0 Å². The highest BCUT2D eigenvalue weighted by Gasteiger charge is 2.50. The molecule has 1 aliphatic carbocycles. The van der Waals surface area contributed by atoms with Crippen LogP contribution in [0.3, 0.4) is 0 Å². The second-order valence-electron chi connectivity index (χ2n) is 6.98. The van der Waals surface area contributed by atoms with Crippen LogP contribution in [-0.4, -0.2) is 38.2 Å². The van der Waals surface area contributed by atoms with Crippen molar-refractivity contribution >= 4 is 12.3 Å². The summed E-state index contributed by atoms with van der Waals surface area (Å²) in [6.07, 6.45) is -1.11. The molecule has 2 bridgehead atoms. The first-order valence-corrected chi connectivity index (χ1v) is 8.25. The van der Waals surface area contributed by atoms with E-state index >= 15 is 0 Å². The standard InChI is InChI=1S/C18H19F3O5/c1-24-15(23)12-6-13(18(19,20)21)8-14(7-12)25-11-17-4-2-16(9-22,3-5-17)10-26-17/h6-9H,2-5,10-11H2,1H3. The Balaban J connectivity index is 1.77. The lowest BCUT2D eigenvalue weighted by Gasteiger charge is -2.50. The summed E-state index contributed by atoms with van der Waals surface area (Å²) >= 11 is 0. The molecule has 0 amide bonds. The molecule has 8 heteroatoms. The van der Waals surface area contributed by atoms with Crippen LogP contribution in [0, 0.1) is 5.41 Å². The molecule has 2 heterocycles. The van der Waals surface area contributed by atoms with Crippen LogP contribution in [0.5, 0.6) is 5.75 Å². The van der Waals surface area contributed by atoms with Gasteiger partial charge in [0.2, 0.25) is 0 Å². The van der Waals surface area contributed by atoms with Crippen LogP contribution < -0.4 is 4.74 Å². The minimum absolute atomic E-state index is 0.0594. The number of aldehydes is 1. The van der Waals surface area contributed by atoms with Gasteiger partial charge in [-0.05, 0) is 43.9 Å². The van der Waals surface area contributed by atoms with Crippen molar-refractivity contribution < 1.29 is 37.0 Å². The van der Waals surface area contributed by atoms with E-state index in [1.165, 1.54) is 6.07 Å². The van der Waals surface area contributed by atoms with Crippen LogP contribution in [0.2, 0.25) is 0 Å². The summed E-state index contributed by atoms with van der Waals surface area (Å²) in [6, 6.07) is 2.80. The summed E-state index contributed by atoms with van der Waals surface area (Å²) in [6.45, 7) is 0.361. The van der Waals surface area contributed by atoms with Gasteiger partial charge in [0.05, 0.1) is 24.8 Å². The molecular formula is C18H19F3O5. The van der Waals surface area contributed by atoms with E-state index in [2.05, 4.69) is 4.74 Å². The van der Waals surface area contributed by atoms with Gasteiger partial charge in [-0.15, -0.1) is 0 Å². The first-order chi connectivity index (χ1) is 12.2. The molecule has 5 nitrogen and oxygen atoms in total. The highest BCUT2D eigenvalue weighted by molar-refractivity contribution is 5.90. The van der Waals surface area contributed by atoms with E-state index in [0.717, 1.165) is 25.5 Å². The van der Waals surface area contributed by atoms with Crippen LogP contribution in [0.25, 0.3) is 0 Å². The number of ether oxygens (including phenoxy) is 3. The fraction of sp³-hybridized carbons (Fsp3) is 0.556. The predicted molar refractivity (Wildman–Crippen MR) is 83.9 cm³/mol. The molecule has 3 fully saturated rings. The largest absolute Gasteiger partial charge is 0.491 e. The lowest BCUT2D eigenvalue weighted by Crippen LogP contribution is -2.54. The molecule has 2 aliphatic heterocycles. The summed E-state index contributed by atoms with van der Waals surface area (Å²) in [7, 11) is 1.10. The van der Waals surface area contributed by atoms with Crippen molar-refractivity contribution in [3.05, 3.63) is 29.3 Å². The van der Waals surface area contributed by atoms with E-state index in [4.69, 9.17) is 9.47 Å². The van der Waals surface area contributed by atoms with E-state index in [1.54, 1.807) is 0 Å². The van der Waals surface area contributed by atoms with Crippen LogP contribution >= 0.6 is 0 Å². The van der Waals surface area contributed by atoms with E-state index < -0.39 is 28.7 Å². The number of hydrogen-bond donors (Lipinski definition) is 0. The first kappa shape index (κ1) is 18.7. The highest BCUT2D eigenvalue weighted by atomic mass is 19.4. The monoisotopic (exact) mass is 372 g/mol. The fourth-order valence-corrected chi connectivity index (χ4v) is 3.42. The second kappa shape index (κ2) is 6.57. The third kappa shape index (κ3) is 3.56. The molecule has 1 aromatic rings. The van der Waals surface area contributed by atoms with Gasteiger partial charge in [-0.1, -0.05) is 0 Å². The van der Waals surface area contributed by atoms with Crippen LogP contribution in [0.1, 0.15) is 41.6 Å². The molecule has 4 rings (SSSR count). The van der Waals surface area contributed by atoms with Crippen molar-refractivity contribution in [2.75, 3.05) is 20.3 Å². The molecule has 0 spiro atoms. The normalized spacial score (nSPS) is 27.8. The van der Waals surface area contributed by atoms with Crippen LogP contribution in [0.15, 0.2) is 18.2 Å². The Morgan fingerprint density at radius 3 is 2.42 bits per heavy atom. The Morgan fingerprint density at radius 1 is 1.23 bits per heavy atom. The molecule has 0 unspecified atom stereocenters. The van der Waals surface area contributed by atoms with Gasteiger partial charge in [0.15, 0.2) is 0 Å². The number of alkyl halides is 3. The molecule has 2 saturated heterocycles. The van der Waals surface area contributed by atoms with E-state index in [9.17, 15) is 22.8 Å². The van der Waals surface area contributed by atoms with Gasteiger partial charge >= 0.3 is 12.1 Å². The molecule has 1 aromatic carbocycles. The van der Waals surface area contributed by atoms with Crippen molar-refractivity contribution in [1.29, 1.82) is 0 Å². The molecule has 0 atom stereocenters. The molecule has 3 aliphatic rings. The van der Waals surface area contributed by atoms with Crippen molar-refractivity contribution in [2.24, 2.45) is 5.41 Å². The molecule has 26 heavy (non-hydrogen) atoms. The van der Waals surface area contributed by atoms with Gasteiger partial charge in [0.25, 0.3) is 0 Å². The van der Waals surface area contributed by atoms with Crippen LogP contribution in [0.4, 0.5) is 13.2 Å². The van der Waals surface area contributed by atoms with E-state index in [0.29, 0.717) is 32.3 Å². The maximum atomic E-state index is 13.1. The minimum Gasteiger partial charge on any atom is -0.491 e. The zero-order valence-corrected chi connectivity index (χ0v) is 14.2. The van der Waals surface area contributed by atoms with Gasteiger partial charge in [0, 0.05) is 5.41 Å². The number of methoxy groups -OCH3 is 1. The molecule has 0 aromatic heterocycles. The second-order valence-corrected chi connectivity index (χ2v) is 6.98. The Bertz CT molecular complexity index is 689. The van der Waals surface area contributed by atoms with Crippen LogP contribution in [-0.2, 0) is 20.4 Å². The first-order valence-electron chi connectivity index (χ1n) is 8.25. The van der Waals surface area contributed by atoms with Gasteiger partial charge in [-0.25, -0.2) is 4.79 Å². The Kier molecular flexibility index (Phi) is 4.72. The molecular weight excluding hydrogens is 353 g/mol. The number of carbonyl (C=O) groups excluding carboxylic acids is 2. The highest BCUT2D eigenvalue weighted by Crippen LogP contribution is 2.48. The topological polar surface area (TPSA) is 61.8 Å². The van der Waals surface area contributed by atoms with E-state index in [1.807, 2.05) is 0 Å². The average molecular weight is 372 g/mol. The van der Waals surface area contributed by atoms with Crippen molar-refractivity contribution in [3.63, 3.8) is 0 Å². The third-order valence-corrected chi connectivity index (χ3v) is 5.23. The van der Waals surface area contributed by atoms with Crippen molar-refractivity contribution in [2.45, 2.75) is 37.5 Å². The number of halogens is 3. The Labute approximate surface area is 148 Å². The third-order valence-electron chi connectivity index (χ3n) is 5.23. The zero-order valence-electron chi connectivity index (χ0n) is 14.2. The number of benzene rings is 1. The quantitative estimate of drug-likeness (QED) is 0.586. The summed E-state index contributed by atoms with van der Waals surface area (Å²) in [5, 5.41) is 0. The SMILES string of the molecule is COC(=O)c1cc(OCC23CCC(C=O)(CC2)CO3)cc(C(F)(F)F)c1. The number of rotatable bonds is 5. The minimum atomic E-state index is -4.61. The van der Waals surface area contributed by atoms with Gasteiger partial charge in [0.1, 0.15) is 24.2 Å². The molecule has 1 saturated carbocycles. The predicted octanol–water partition coefficient (Wildman–Crippen LogP) is 3.40. The lowest BCUT2D eigenvalue weighted by atomic mass is 9.67. The maximum absolute atomic E-state index is 13.1. The zero-order chi connectivity index (χ0) is 19.0. The summed E-state index contributed by atoms with van der Waals surface area (Å²) in [4.78, 5) is 22.9. The number of fused-ring (bicyclic) bond motifs is 3. The molecule has 0 N–H and O–H groups in total. The molecule has 142 valence electrons. The summed E-state index contributed by atoms with van der Waals surface area (Å²) < 4.78 is 55.1.